The second kappa shape index (κ2) is 3.83. The number of hydrogen-bond acceptors (Lipinski definition) is 1. The van der Waals surface area contributed by atoms with Crippen LogP contribution in [-0.2, 0) is 0 Å². The summed E-state index contributed by atoms with van der Waals surface area (Å²) in [5.41, 5.74) is 0.774. The molecule has 3 heteroatoms. The summed E-state index contributed by atoms with van der Waals surface area (Å²) in [4.78, 5) is 12.1. The van der Waals surface area contributed by atoms with E-state index < -0.39 is 0 Å². The maximum atomic E-state index is 12.1. The Labute approximate surface area is 115 Å². The maximum absolute atomic E-state index is 12.1. The molecule has 0 heterocycles. The third kappa shape index (κ3) is 1.56. The number of carbonyl (C=O) groups is 1. The number of hydrogen-bond donors (Lipinski definition) is 1. The minimum absolute atomic E-state index is 0.0984. The summed E-state index contributed by atoms with van der Waals surface area (Å²) >= 11 is 3.39. The van der Waals surface area contributed by atoms with E-state index in [2.05, 4.69) is 21.2 Å². The van der Waals surface area contributed by atoms with Gasteiger partial charge in [-0.05, 0) is 67.2 Å². The Kier molecular flexibility index (Phi) is 2.35. The zero-order valence-electron chi connectivity index (χ0n) is 10.1. The van der Waals surface area contributed by atoms with E-state index in [0.29, 0.717) is 6.04 Å². The van der Waals surface area contributed by atoms with Gasteiger partial charge in [0.25, 0.3) is 5.91 Å². The van der Waals surface area contributed by atoms with Crippen molar-refractivity contribution in [1.29, 1.82) is 0 Å². The van der Waals surface area contributed by atoms with Gasteiger partial charge in [0.2, 0.25) is 0 Å². The summed E-state index contributed by atoms with van der Waals surface area (Å²) in [6.07, 6.45) is 4.23. The molecule has 2 bridgehead atoms. The summed E-state index contributed by atoms with van der Waals surface area (Å²) in [5, 5.41) is 3.24. The van der Waals surface area contributed by atoms with Gasteiger partial charge in [-0.2, -0.15) is 0 Å². The Morgan fingerprint density at radius 2 is 1.72 bits per heavy atom. The molecule has 0 aliphatic heterocycles. The number of carbonyl (C=O) groups excluding carboxylic acids is 1. The molecule has 3 saturated carbocycles. The molecule has 1 N–H and O–H groups in total. The van der Waals surface area contributed by atoms with Crippen LogP contribution in [-0.4, -0.2) is 11.9 Å². The number of rotatable bonds is 2. The Morgan fingerprint density at radius 1 is 1.11 bits per heavy atom. The first kappa shape index (κ1) is 11.0. The average molecular weight is 306 g/mol. The number of fused-ring (bicyclic) bond motifs is 5. The van der Waals surface area contributed by atoms with Gasteiger partial charge >= 0.3 is 0 Å². The number of benzene rings is 1. The van der Waals surface area contributed by atoms with Crippen LogP contribution in [0, 0.1) is 23.7 Å². The molecule has 3 aliphatic carbocycles. The number of amides is 1. The van der Waals surface area contributed by atoms with Crippen LogP contribution >= 0.6 is 15.9 Å². The number of nitrogens with one attached hydrogen (secondary N) is 1. The highest BCUT2D eigenvalue weighted by Crippen LogP contribution is 2.65. The van der Waals surface area contributed by atoms with Gasteiger partial charge in [-0.1, -0.05) is 15.9 Å². The van der Waals surface area contributed by atoms with E-state index in [1.807, 2.05) is 24.3 Å². The van der Waals surface area contributed by atoms with Crippen LogP contribution in [0.1, 0.15) is 29.6 Å². The van der Waals surface area contributed by atoms with E-state index in [0.717, 1.165) is 33.7 Å². The molecule has 1 aromatic carbocycles. The van der Waals surface area contributed by atoms with Crippen molar-refractivity contribution >= 4 is 21.8 Å². The molecule has 4 rings (SSSR count). The molecule has 4 unspecified atom stereocenters. The summed E-state index contributed by atoms with van der Waals surface area (Å²) in [5.74, 6) is 3.54. The summed E-state index contributed by atoms with van der Waals surface area (Å²) in [7, 11) is 0. The maximum Gasteiger partial charge on any atom is 0.251 e. The van der Waals surface area contributed by atoms with Crippen LogP contribution in [0.3, 0.4) is 0 Å². The van der Waals surface area contributed by atoms with Gasteiger partial charge in [0, 0.05) is 16.1 Å². The highest BCUT2D eigenvalue weighted by Gasteiger charge is 2.65. The predicted molar refractivity (Wildman–Crippen MR) is 73.2 cm³/mol. The Hall–Kier alpha value is -0.830. The molecule has 1 aromatic rings. The van der Waals surface area contributed by atoms with E-state index >= 15 is 0 Å². The average Bonchev–Trinajstić information content (AvgIpc) is 2.78. The molecule has 0 aromatic heterocycles. The lowest BCUT2D eigenvalue weighted by Gasteiger charge is -2.10. The second-order valence-corrected chi connectivity index (χ2v) is 6.91. The largest absolute Gasteiger partial charge is 0.349 e. The number of halogens is 1. The Morgan fingerprint density at radius 3 is 2.33 bits per heavy atom. The van der Waals surface area contributed by atoms with E-state index in [4.69, 9.17) is 0 Å². The van der Waals surface area contributed by atoms with Crippen LogP contribution in [0.4, 0.5) is 0 Å². The Balaban J connectivity index is 1.44. The molecular formula is C15H16BrNO. The fraction of sp³-hybridized carbons (Fsp3) is 0.533. The van der Waals surface area contributed by atoms with Crippen LogP contribution in [0.15, 0.2) is 28.7 Å². The molecule has 94 valence electrons. The summed E-state index contributed by atoms with van der Waals surface area (Å²) in [6.45, 7) is 0. The van der Waals surface area contributed by atoms with Crippen molar-refractivity contribution in [3.8, 4) is 0 Å². The van der Waals surface area contributed by atoms with E-state index in [1.54, 1.807) is 0 Å². The minimum Gasteiger partial charge on any atom is -0.349 e. The molecular weight excluding hydrogens is 290 g/mol. The van der Waals surface area contributed by atoms with Gasteiger partial charge in [0.05, 0.1) is 0 Å². The normalized spacial score (nSPS) is 39.5. The SMILES string of the molecule is O=C(NC1C2C3CCC(C3)C12)c1ccc(Br)cc1. The first-order chi connectivity index (χ1) is 8.74. The van der Waals surface area contributed by atoms with E-state index in [9.17, 15) is 4.79 Å². The van der Waals surface area contributed by atoms with Crippen molar-refractivity contribution in [3.63, 3.8) is 0 Å². The van der Waals surface area contributed by atoms with Crippen LogP contribution in [0.2, 0.25) is 0 Å². The molecule has 1 amide bonds. The van der Waals surface area contributed by atoms with Crippen LogP contribution in [0.5, 0.6) is 0 Å². The molecule has 0 saturated heterocycles. The van der Waals surface area contributed by atoms with Crippen molar-refractivity contribution in [3.05, 3.63) is 34.3 Å². The third-order valence-corrected chi connectivity index (χ3v) is 5.67. The Bertz CT molecular complexity index is 482. The lowest BCUT2D eigenvalue weighted by molar-refractivity contribution is 0.0944. The quantitative estimate of drug-likeness (QED) is 0.893. The molecule has 0 radical (unpaired) electrons. The van der Waals surface area contributed by atoms with Gasteiger partial charge in [-0.3, -0.25) is 4.79 Å². The van der Waals surface area contributed by atoms with E-state index in [-0.39, 0.29) is 5.91 Å². The van der Waals surface area contributed by atoms with Crippen LogP contribution < -0.4 is 5.32 Å². The fourth-order valence-corrected chi connectivity index (χ4v) is 4.62. The van der Waals surface area contributed by atoms with Crippen molar-refractivity contribution in [2.24, 2.45) is 23.7 Å². The van der Waals surface area contributed by atoms with Crippen molar-refractivity contribution < 1.29 is 4.79 Å². The molecule has 3 fully saturated rings. The molecule has 4 atom stereocenters. The molecule has 3 aliphatic rings. The van der Waals surface area contributed by atoms with Crippen molar-refractivity contribution in [2.75, 3.05) is 0 Å². The first-order valence-electron chi connectivity index (χ1n) is 6.80. The molecule has 18 heavy (non-hydrogen) atoms. The van der Waals surface area contributed by atoms with Crippen molar-refractivity contribution in [1.82, 2.24) is 5.32 Å². The second-order valence-electron chi connectivity index (χ2n) is 5.99. The van der Waals surface area contributed by atoms with Gasteiger partial charge in [0.15, 0.2) is 0 Å². The van der Waals surface area contributed by atoms with Crippen molar-refractivity contribution in [2.45, 2.75) is 25.3 Å². The fourth-order valence-electron chi connectivity index (χ4n) is 4.35. The molecule has 2 nitrogen and oxygen atoms in total. The highest BCUT2D eigenvalue weighted by molar-refractivity contribution is 9.10. The standard InChI is InChI=1S/C15H16BrNO/c16-11-5-3-8(4-6-11)15(18)17-14-12-9-1-2-10(7-9)13(12)14/h3-6,9-10,12-14H,1-2,7H2,(H,17,18). The molecule has 0 spiro atoms. The monoisotopic (exact) mass is 305 g/mol. The van der Waals surface area contributed by atoms with Gasteiger partial charge < -0.3 is 5.32 Å². The lowest BCUT2D eigenvalue weighted by atomic mass is 10.0. The first-order valence-corrected chi connectivity index (χ1v) is 7.60. The summed E-state index contributed by atoms with van der Waals surface area (Å²) < 4.78 is 1.01. The zero-order chi connectivity index (χ0) is 12.3. The smallest absolute Gasteiger partial charge is 0.251 e. The van der Waals surface area contributed by atoms with Gasteiger partial charge in [-0.15, -0.1) is 0 Å². The highest BCUT2D eigenvalue weighted by atomic mass is 79.9. The van der Waals surface area contributed by atoms with E-state index in [1.165, 1.54) is 19.3 Å². The lowest BCUT2D eigenvalue weighted by Crippen LogP contribution is -2.29. The zero-order valence-corrected chi connectivity index (χ0v) is 11.7. The minimum atomic E-state index is 0.0984. The summed E-state index contributed by atoms with van der Waals surface area (Å²) in [6, 6.07) is 8.09. The third-order valence-electron chi connectivity index (χ3n) is 5.14. The predicted octanol–water partition coefficient (Wildman–Crippen LogP) is 3.22. The van der Waals surface area contributed by atoms with Gasteiger partial charge in [0.1, 0.15) is 0 Å². The van der Waals surface area contributed by atoms with Crippen LogP contribution in [0.25, 0.3) is 0 Å². The van der Waals surface area contributed by atoms with Gasteiger partial charge in [-0.25, -0.2) is 0 Å². The topological polar surface area (TPSA) is 29.1 Å².